The van der Waals surface area contributed by atoms with Crippen molar-refractivity contribution in [3.05, 3.63) is 58.6 Å². The van der Waals surface area contributed by atoms with Gasteiger partial charge in [-0.1, -0.05) is 48.0 Å². The number of aromatic nitrogens is 2. The average molecular weight is 441 g/mol. The Morgan fingerprint density at radius 1 is 1.38 bits per heavy atom. The van der Waals surface area contributed by atoms with Crippen LogP contribution in [0.5, 0.6) is 0 Å². The Bertz CT molecular complexity index is 856. The highest BCUT2D eigenvalue weighted by Gasteiger charge is 2.52. The van der Waals surface area contributed by atoms with Gasteiger partial charge in [-0.05, 0) is 24.6 Å². The lowest BCUT2D eigenvalue weighted by Crippen LogP contribution is -2.36. The summed E-state index contributed by atoms with van der Waals surface area (Å²) in [5.41, 5.74) is -0.0632. The van der Waals surface area contributed by atoms with Gasteiger partial charge in [0.25, 0.3) is 5.91 Å². The van der Waals surface area contributed by atoms with Gasteiger partial charge in [0.1, 0.15) is 9.60 Å². The number of rotatable bonds is 4. The molecule has 6 nitrogen and oxygen atoms in total. The molecule has 1 amide bonds. The summed E-state index contributed by atoms with van der Waals surface area (Å²) >= 11 is 10.1. The number of carbonyl (C=O) groups excluding carboxylic acids is 1. The number of carbonyl (C=O) groups is 1. The number of hydrogen-bond donors (Lipinski definition) is 1. The largest absolute Gasteiger partial charge is 0.351 e. The van der Waals surface area contributed by atoms with Crippen LogP contribution in [0.4, 0.5) is 5.82 Å². The summed E-state index contributed by atoms with van der Waals surface area (Å²) in [6, 6.07) is 10.3. The summed E-state index contributed by atoms with van der Waals surface area (Å²) in [7, 11) is 0. The molecule has 4 atom stereocenters. The molecule has 1 saturated heterocycles. The van der Waals surface area contributed by atoms with Crippen molar-refractivity contribution in [1.29, 1.82) is 0 Å². The van der Waals surface area contributed by atoms with E-state index in [0.717, 1.165) is 6.42 Å². The number of halogens is 2. The van der Waals surface area contributed by atoms with Crippen molar-refractivity contribution in [2.24, 2.45) is 5.92 Å². The van der Waals surface area contributed by atoms with Gasteiger partial charge < -0.3 is 10.1 Å². The first-order valence-corrected chi connectivity index (χ1v) is 9.50. The summed E-state index contributed by atoms with van der Waals surface area (Å²) in [6.07, 6.45) is 1.55. The van der Waals surface area contributed by atoms with Gasteiger partial charge in [0, 0.05) is 17.7 Å². The molecule has 26 heavy (non-hydrogen) atoms. The van der Waals surface area contributed by atoms with Gasteiger partial charge in [0.2, 0.25) is 0 Å². The quantitative estimate of drug-likeness (QED) is 0.735. The third-order valence-corrected chi connectivity index (χ3v) is 6.21. The summed E-state index contributed by atoms with van der Waals surface area (Å²) in [5, 5.41) is 2.62. The Morgan fingerprint density at radius 3 is 2.65 bits per heavy atom. The number of hydrogen-bond acceptors (Lipinski definition) is 4. The zero-order valence-electron chi connectivity index (χ0n) is 14.4. The molecule has 0 aliphatic carbocycles. The second kappa shape index (κ2) is 7.50. The molecule has 3 rings (SSSR count). The van der Waals surface area contributed by atoms with Crippen molar-refractivity contribution in [2.45, 2.75) is 36.4 Å². The number of alkyl halides is 2. The second-order valence-electron chi connectivity index (χ2n) is 6.22. The third-order valence-electron chi connectivity index (χ3n) is 4.56. The van der Waals surface area contributed by atoms with E-state index in [2.05, 4.69) is 26.2 Å². The van der Waals surface area contributed by atoms with E-state index in [4.69, 9.17) is 16.3 Å². The summed E-state index contributed by atoms with van der Waals surface area (Å²) < 4.78 is 6.38. The molecule has 1 fully saturated rings. The molecule has 0 unspecified atom stereocenters. The van der Waals surface area contributed by atoms with E-state index in [1.165, 1.54) is 10.8 Å². The minimum atomic E-state index is -0.909. The number of nitrogens with zero attached hydrogens (tertiary/aromatic N) is 2. The monoisotopic (exact) mass is 439 g/mol. The Kier molecular flexibility index (Phi) is 5.50. The van der Waals surface area contributed by atoms with E-state index in [-0.39, 0.29) is 23.7 Å². The summed E-state index contributed by atoms with van der Waals surface area (Å²) in [6.45, 7) is 3.98. The van der Waals surface area contributed by atoms with Crippen molar-refractivity contribution < 1.29 is 9.53 Å². The van der Waals surface area contributed by atoms with Crippen LogP contribution in [0.1, 0.15) is 36.9 Å². The first-order valence-electron chi connectivity index (χ1n) is 8.33. The van der Waals surface area contributed by atoms with Crippen LogP contribution >= 0.6 is 27.5 Å². The Hall–Kier alpha value is -1.70. The van der Waals surface area contributed by atoms with Crippen molar-refractivity contribution in [3.63, 3.8) is 0 Å². The smallest absolute Gasteiger partial charge is 0.351 e. The fourth-order valence-corrected chi connectivity index (χ4v) is 3.91. The van der Waals surface area contributed by atoms with E-state index in [9.17, 15) is 9.59 Å². The molecule has 0 spiro atoms. The van der Waals surface area contributed by atoms with Crippen LogP contribution in [0.2, 0.25) is 0 Å². The van der Waals surface area contributed by atoms with Gasteiger partial charge in [0.15, 0.2) is 6.23 Å². The maximum atomic E-state index is 12.5. The Labute approximate surface area is 164 Å². The molecule has 138 valence electrons. The fourth-order valence-electron chi connectivity index (χ4n) is 2.99. The van der Waals surface area contributed by atoms with Crippen LogP contribution in [-0.4, -0.2) is 25.3 Å². The van der Waals surface area contributed by atoms with Crippen LogP contribution in [0.15, 0.2) is 47.4 Å². The fraction of sp³-hybridized carbons (Fsp3) is 0.389. The topological polar surface area (TPSA) is 73.2 Å². The predicted octanol–water partition coefficient (Wildman–Crippen LogP) is 3.77. The Balaban J connectivity index is 1.82. The number of nitrogens with one attached hydrogen (secondary N) is 1. The second-order valence-corrected chi connectivity index (χ2v) is 8.62. The zero-order chi connectivity index (χ0) is 18.9. The molecule has 1 N–H and O–H groups in total. The van der Waals surface area contributed by atoms with Gasteiger partial charge >= 0.3 is 5.69 Å². The summed E-state index contributed by atoms with van der Waals surface area (Å²) in [5.74, 6) is -0.157. The highest BCUT2D eigenvalue weighted by molar-refractivity contribution is 9.10. The minimum Gasteiger partial charge on any atom is -0.351 e. The molecule has 0 saturated carbocycles. The number of anilines is 1. The third kappa shape index (κ3) is 3.56. The first-order chi connectivity index (χ1) is 12.3. The van der Waals surface area contributed by atoms with E-state index >= 15 is 0 Å². The molecular weight excluding hydrogens is 422 g/mol. The number of amides is 1. The van der Waals surface area contributed by atoms with Crippen LogP contribution < -0.4 is 11.0 Å². The molecule has 1 aromatic carbocycles. The van der Waals surface area contributed by atoms with Crippen LogP contribution in [0, 0.1) is 5.92 Å². The molecule has 1 aliphatic rings. The number of ether oxygens (including phenoxy) is 1. The predicted molar refractivity (Wildman–Crippen MR) is 104 cm³/mol. The van der Waals surface area contributed by atoms with Crippen LogP contribution in [-0.2, 0) is 4.74 Å². The molecule has 0 radical (unpaired) electrons. The van der Waals surface area contributed by atoms with Crippen molar-refractivity contribution in [2.75, 3.05) is 5.32 Å². The van der Waals surface area contributed by atoms with Crippen LogP contribution in [0.3, 0.4) is 0 Å². The van der Waals surface area contributed by atoms with Gasteiger partial charge in [-0.25, -0.2) is 4.79 Å². The minimum absolute atomic E-state index is 0.00327. The SMILES string of the molecule is CC[C@H]1O[C@@H](n2ccc(NC(=O)c3ccccc3)nc2=O)[C@](Cl)(Br)[C@@H]1C. The van der Waals surface area contributed by atoms with Gasteiger partial charge in [-0.2, -0.15) is 4.98 Å². The average Bonchev–Trinajstić information content (AvgIpc) is 2.85. The standard InChI is InChI=1S/C18H19BrClN3O3/c1-3-13-11(2)18(19,20)16(26-13)23-10-9-14(22-17(23)25)21-15(24)12-7-5-4-6-8-12/h4-11,13,16H,3H2,1-2H3,(H,21,22,24,25)/t11-,13-,16-,18+/m1/s1. The van der Waals surface area contributed by atoms with Crippen molar-refractivity contribution in [1.82, 2.24) is 9.55 Å². The lowest BCUT2D eigenvalue weighted by atomic mass is 10.0. The van der Waals surface area contributed by atoms with E-state index in [0.29, 0.717) is 5.56 Å². The van der Waals surface area contributed by atoms with Gasteiger partial charge in [-0.15, -0.1) is 11.6 Å². The zero-order valence-corrected chi connectivity index (χ0v) is 16.7. The molecule has 1 aliphatic heterocycles. The molecule has 8 heteroatoms. The van der Waals surface area contributed by atoms with Crippen molar-refractivity contribution >= 4 is 39.3 Å². The molecule has 1 aromatic heterocycles. The molecule has 0 bridgehead atoms. The molecular formula is C18H19BrClN3O3. The first kappa shape index (κ1) is 19.1. The normalized spacial score (nSPS) is 28.1. The number of benzene rings is 1. The summed E-state index contributed by atoms with van der Waals surface area (Å²) in [4.78, 5) is 28.6. The van der Waals surface area contributed by atoms with Crippen molar-refractivity contribution in [3.8, 4) is 0 Å². The van der Waals surface area contributed by atoms with E-state index < -0.39 is 15.7 Å². The Morgan fingerprint density at radius 2 is 2.08 bits per heavy atom. The van der Waals surface area contributed by atoms with Gasteiger partial charge in [0.05, 0.1) is 6.10 Å². The molecule has 2 aromatic rings. The maximum Gasteiger partial charge on any atom is 0.351 e. The van der Waals surface area contributed by atoms with Gasteiger partial charge in [-0.3, -0.25) is 9.36 Å². The van der Waals surface area contributed by atoms with Crippen LogP contribution in [0.25, 0.3) is 0 Å². The highest BCUT2D eigenvalue weighted by Crippen LogP contribution is 2.51. The lowest BCUT2D eigenvalue weighted by Gasteiger charge is -2.25. The highest BCUT2D eigenvalue weighted by atomic mass is 79.9. The molecule has 2 heterocycles. The maximum absolute atomic E-state index is 12.5. The van der Waals surface area contributed by atoms with E-state index in [1.54, 1.807) is 30.3 Å². The lowest BCUT2D eigenvalue weighted by molar-refractivity contribution is -0.00825. The van der Waals surface area contributed by atoms with E-state index in [1.807, 2.05) is 19.9 Å².